The number of anilines is 1. The van der Waals surface area contributed by atoms with Gasteiger partial charge in [-0.2, -0.15) is 0 Å². The quantitative estimate of drug-likeness (QED) is 0.878. The molecular weight excluding hydrogens is 214 g/mol. The SMILES string of the molecule is CC(C)[C@H](Cc1cnoc1)c1cccnc1N. The van der Waals surface area contributed by atoms with Crippen LogP contribution < -0.4 is 5.73 Å². The van der Waals surface area contributed by atoms with E-state index in [0.717, 1.165) is 17.5 Å². The molecule has 0 spiro atoms. The Hall–Kier alpha value is -1.84. The van der Waals surface area contributed by atoms with Crippen LogP contribution in [0.5, 0.6) is 0 Å². The van der Waals surface area contributed by atoms with Crippen LogP contribution in [0, 0.1) is 5.92 Å². The average Bonchev–Trinajstić information content (AvgIpc) is 2.79. The average molecular weight is 231 g/mol. The number of aromatic nitrogens is 2. The number of nitrogen functional groups attached to an aromatic ring is 1. The smallest absolute Gasteiger partial charge is 0.127 e. The molecule has 2 heterocycles. The van der Waals surface area contributed by atoms with Crippen LogP contribution in [0.1, 0.15) is 30.9 Å². The van der Waals surface area contributed by atoms with Gasteiger partial charge < -0.3 is 10.3 Å². The van der Waals surface area contributed by atoms with Crippen LogP contribution in [-0.2, 0) is 6.42 Å². The molecule has 0 aromatic carbocycles. The number of hydrogen-bond donors (Lipinski definition) is 1. The van der Waals surface area contributed by atoms with E-state index in [1.807, 2.05) is 12.1 Å². The molecule has 1 atom stereocenters. The van der Waals surface area contributed by atoms with Gasteiger partial charge in [0.2, 0.25) is 0 Å². The summed E-state index contributed by atoms with van der Waals surface area (Å²) in [6.07, 6.45) is 6.02. The highest BCUT2D eigenvalue weighted by molar-refractivity contribution is 5.42. The van der Waals surface area contributed by atoms with Gasteiger partial charge in [-0.1, -0.05) is 25.1 Å². The molecule has 0 unspecified atom stereocenters. The summed E-state index contributed by atoms with van der Waals surface area (Å²) in [5, 5.41) is 3.73. The first-order chi connectivity index (χ1) is 8.18. The molecule has 2 aromatic rings. The molecule has 0 radical (unpaired) electrons. The first-order valence-electron chi connectivity index (χ1n) is 5.77. The second-order valence-electron chi connectivity index (χ2n) is 4.57. The van der Waals surface area contributed by atoms with Crippen molar-refractivity contribution in [3.63, 3.8) is 0 Å². The van der Waals surface area contributed by atoms with Crippen molar-refractivity contribution in [2.45, 2.75) is 26.2 Å². The molecule has 0 amide bonds. The fourth-order valence-electron chi connectivity index (χ4n) is 2.03. The van der Waals surface area contributed by atoms with Gasteiger partial charge in [-0.3, -0.25) is 0 Å². The van der Waals surface area contributed by atoms with E-state index in [1.54, 1.807) is 18.7 Å². The summed E-state index contributed by atoms with van der Waals surface area (Å²) in [7, 11) is 0. The predicted octanol–water partition coefficient (Wildman–Crippen LogP) is 2.63. The Morgan fingerprint density at radius 2 is 2.24 bits per heavy atom. The summed E-state index contributed by atoms with van der Waals surface area (Å²) in [6, 6.07) is 3.97. The Morgan fingerprint density at radius 1 is 1.41 bits per heavy atom. The molecule has 0 fully saturated rings. The minimum Gasteiger partial charge on any atom is -0.383 e. The Morgan fingerprint density at radius 3 is 2.82 bits per heavy atom. The third-order valence-corrected chi connectivity index (χ3v) is 3.01. The van der Waals surface area contributed by atoms with Gasteiger partial charge in [-0.25, -0.2) is 4.98 Å². The van der Waals surface area contributed by atoms with Gasteiger partial charge in [0.25, 0.3) is 0 Å². The van der Waals surface area contributed by atoms with Crippen molar-refractivity contribution < 1.29 is 4.52 Å². The van der Waals surface area contributed by atoms with Gasteiger partial charge >= 0.3 is 0 Å². The van der Waals surface area contributed by atoms with Crippen LogP contribution in [-0.4, -0.2) is 10.1 Å². The lowest BCUT2D eigenvalue weighted by Gasteiger charge is -2.21. The van der Waals surface area contributed by atoms with Crippen molar-refractivity contribution >= 4 is 5.82 Å². The molecule has 0 bridgehead atoms. The predicted molar refractivity (Wildman–Crippen MR) is 66.4 cm³/mol. The first kappa shape index (κ1) is 11.6. The molecule has 17 heavy (non-hydrogen) atoms. The van der Waals surface area contributed by atoms with E-state index < -0.39 is 0 Å². The molecule has 2 rings (SSSR count). The topological polar surface area (TPSA) is 64.9 Å². The van der Waals surface area contributed by atoms with Crippen LogP contribution in [0.25, 0.3) is 0 Å². The molecule has 90 valence electrons. The van der Waals surface area contributed by atoms with Gasteiger partial charge in [0.05, 0.1) is 6.20 Å². The molecular formula is C13H17N3O. The summed E-state index contributed by atoms with van der Waals surface area (Å²) in [5.41, 5.74) is 8.13. The lowest BCUT2D eigenvalue weighted by atomic mass is 9.84. The van der Waals surface area contributed by atoms with E-state index in [9.17, 15) is 0 Å². The maximum absolute atomic E-state index is 5.94. The summed E-state index contributed by atoms with van der Waals surface area (Å²) in [6.45, 7) is 4.37. The largest absolute Gasteiger partial charge is 0.383 e. The fourth-order valence-corrected chi connectivity index (χ4v) is 2.03. The molecule has 0 saturated carbocycles. The lowest BCUT2D eigenvalue weighted by molar-refractivity contribution is 0.417. The number of nitrogens with two attached hydrogens (primary N) is 1. The molecule has 2 N–H and O–H groups in total. The standard InChI is InChI=1S/C13H17N3O/c1-9(2)12(6-10-7-16-17-8-10)11-4-3-5-15-13(11)14/h3-5,7-9,12H,6H2,1-2H3,(H2,14,15)/t12-/m0/s1. The number of hydrogen-bond acceptors (Lipinski definition) is 4. The molecule has 4 heteroatoms. The van der Waals surface area contributed by atoms with Crippen molar-refractivity contribution in [2.75, 3.05) is 5.73 Å². The third-order valence-electron chi connectivity index (χ3n) is 3.01. The Kier molecular flexibility index (Phi) is 3.42. The number of rotatable bonds is 4. The van der Waals surface area contributed by atoms with E-state index in [1.165, 1.54) is 0 Å². The molecule has 0 saturated heterocycles. The van der Waals surface area contributed by atoms with Crippen LogP contribution in [0.2, 0.25) is 0 Å². The van der Waals surface area contributed by atoms with Crippen LogP contribution >= 0.6 is 0 Å². The number of nitrogens with zero attached hydrogens (tertiary/aromatic N) is 2. The summed E-state index contributed by atoms with van der Waals surface area (Å²) in [4.78, 5) is 4.15. The zero-order valence-corrected chi connectivity index (χ0v) is 10.1. The van der Waals surface area contributed by atoms with E-state index in [0.29, 0.717) is 17.7 Å². The van der Waals surface area contributed by atoms with Gasteiger partial charge in [0.1, 0.15) is 12.1 Å². The van der Waals surface area contributed by atoms with Crippen molar-refractivity contribution in [3.8, 4) is 0 Å². The minimum atomic E-state index is 0.336. The maximum atomic E-state index is 5.94. The second-order valence-corrected chi connectivity index (χ2v) is 4.57. The van der Waals surface area contributed by atoms with Crippen molar-refractivity contribution in [1.29, 1.82) is 0 Å². The number of pyridine rings is 1. The Labute approximate surface area is 101 Å². The van der Waals surface area contributed by atoms with Gasteiger partial charge in [-0.05, 0) is 29.9 Å². The second kappa shape index (κ2) is 4.99. The van der Waals surface area contributed by atoms with Crippen LogP contribution in [0.15, 0.2) is 35.3 Å². The molecule has 0 aliphatic carbocycles. The fraction of sp³-hybridized carbons (Fsp3) is 0.385. The minimum absolute atomic E-state index is 0.336. The van der Waals surface area contributed by atoms with E-state index >= 15 is 0 Å². The Bertz CT molecular complexity index is 465. The van der Waals surface area contributed by atoms with Gasteiger partial charge in [-0.15, -0.1) is 0 Å². The van der Waals surface area contributed by atoms with Gasteiger partial charge in [0.15, 0.2) is 0 Å². The van der Waals surface area contributed by atoms with Crippen LogP contribution in [0.3, 0.4) is 0 Å². The summed E-state index contributed by atoms with van der Waals surface area (Å²) in [5.74, 6) is 1.43. The monoisotopic (exact) mass is 231 g/mol. The molecule has 4 nitrogen and oxygen atoms in total. The Balaban J connectivity index is 2.27. The zero-order chi connectivity index (χ0) is 12.3. The van der Waals surface area contributed by atoms with E-state index in [-0.39, 0.29) is 0 Å². The highest BCUT2D eigenvalue weighted by Gasteiger charge is 2.19. The van der Waals surface area contributed by atoms with Crippen molar-refractivity contribution in [1.82, 2.24) is 10.1 Å². The van der Waals surface area contributed by atoms with Crippen molar-refractivity contribution in [2.24, 2.45) is 5.92 Å². The third kappa shape index (κ3) is 2.64. The molecule has 0 aliphatic heterocycles. The van der Waals surface area contributed by atoms with E-state index in [4.69, 9.17) is 10.3 Å². The molecule has 0 aliphatic rings. The van der Waals surface area contributed by atoms with Crippen LogP contribution in [0.4, 0.5) is 5.82 Å². The first-order valence-corrected chi connectivity index (χ1v) is 5.77. The van der Waals surface area contributed by atoms with Crippen molar-refractivity contribution in [3.05, 3.63) is 41.9 Å². The lowest BCUT2D eigenvalue weighted by Crippen LogP contribution is -2.12. The zero-order valence-electron chi connectivity index (χ0n) is 10.1. The summed E-state index contributed by atoms with van der Waals surface area (Å²) < 4.78 is 4.86. The highest BCUT2D eigenvalue weighted by atomic mass is 16.5. The highest BCUT2D eigenvalue weighted by Crippen LogP contribution is 2.30. The molecule has 2 aromatic heterocycles. The summed E-state index contributed by atoms with van der Waals surface area (Å²) >= 11 is 0. The van der Waals surface area contributed by atoms with Gasteiger partial charge in [0, 0.05) is 11.8 Å². The van der Waals surface area contributed by atoms with E-state index in [2.05, 4.69) is 24.0 Å². The maximum Gasteiger partial charge on any atom is 0.127 e. The normalized spacial score (nSPS) is 12.9.